The van der Waals surface area contributed by atoms with E-state index in [1.807, 2.05) is 13.8 Å². The van der Waals surface area contributed by atoms with Gasteiger partial charge in [-0.3, -0.25) is 4.90 Å². The Morgan fingerprint density at radius 1 is 1.31 bits per heavy atom. The fraction of sp³-hybridized carbons (Fsp3) is 1.00. The molecule has 0 aromatic carbocycles. The summed E-state index contributed by atoms with van der Waals surface area (Å²) in [6, 6.07) is 0. The average molecular weight is 231 g/mol. The Balaban J connectivity index is 2.87. The summed E-state index contributed by atoms with van der Waals surface area (Å²) in [6.45, 7) is 8.37. The summed E-state index contributed by atoms with van der Waals surface area (Å²) in [5, 5.41) is 28.6. The number of rotatable bonds is 3. The van der Waals surface area contributed by atoms with Gasteiger partial charge in [0.25, 0.3) is 0 Å². The van der Waals surface area contributed by atoms with Gasteiger partial charge in [0.1, 0.15) is 0 Å². The van der Waals surface area contributed by atoms with Gasteiger partial charge in [-0.05, 0) is 40.5 Å². The highest BCUT2D eigenvalue weighted by molar-refractivity contribution is 5.02. The first-order chi connectivity index (χ1) is 7.21. The molecule has 1 aliphatic rings. The number of β-amino-alcohol motifs (C(OH)–C–C–N with tert-alkyl or cyclic N) is 1. The number of likely N-dealkylation sites (tertiary alicyclic amines) is 1. The van der Waals surface area contributed by atoms with Crippen molar-refractivity contribution in [2.75, 3.05) is 13.2 Å². The summed E-state index contributed by atoms with van der Waals surface area (Å²) >= 11 is 0. The minimum atomic E-state index is -0.746. The van der Waals surface area contributed by atoms with Crippen LogP contribution in [0.2, 0.25) is 0 Å². The van der Waals surface area contributed by atoms with E-state index in [0.717, 1.165) is 12.8 Å². The molecule has 1 rings (SSSR count). The third-order valence-electron chi connectivity index (χ3n) is 3.88. The zero-order valence-electron chi connectivity index (χ0n) is 10.8. The van der Waals surface area contributed by atoms with Crippen LogP contribution < -0.4 is 0 Å². The van der Waals surface area contributed by atoms with Crippen LogP contribution in [0.4, 0.5) is 0 Å². The summed E-state index contributed by atoms with van der Waals surface area (Å²) in [4.78, 5) is 2.11. The molecule has 16 heavy (non-hydrogen) atoms. The Labute approximate surface area is 97.9 Å². The SMILES string of the molecule is CC1(C)CCC(O)C(C)(C)N1CC(O)CO. The molecular formula is C12H25NO3. The minimum Gasteiger partial charge on any atom is -0.394 e. The molecule has 0 bridgehead atoms. The average Bonchev–Trinajstić information content (AvgIpc) is 2.19. The highest BCUT2D eigenvalue weighted by atomic mass is 16.3. The van der Waals surface area contributed by atoms with Crippen LogP contribution in [-0.2, 0) is 0 Å². The van der Waals surface area contributed by atoms with E-state index in [4.69, 9.17) is 5.11 Å². The van der Waals surface area contributed by atoms with E-state index in [-0.39, 0.29) is 23.8 Å². The summed E-state index contributed by atoms with van der Waals surface area (Å²) in [5.74, 6) is 0. The molecule has 1 fully saturated rings. The van der Waals surface area contributed by atoms with Gasteiger partial charge in [-0.2, -0.15) is 0 Å². The van der Waals surface area contributed by atoms with Gasteiger partial charge in [0, 0.05) is 17.6 Å². The lowest BCUT2D eigenvalue weighted by molar-refractivity contribution is -0.121. The maximum absolute atomic E-state index is 10.0. The van der Waals surface area contributed by atoms with Crippen LogP contribution in [0, 0.1) is 0 Å². The van der Waals surface area contributed by atoms with Crippen molar-refractivity contribution in [2.45, 2.75) is 63.8 Å². The van der Waals surface area contributed by atoms with Gasteiger partial charge in [0.2, 0.25) is 0 Å². The quantitative estimate of drug-likeness (QED) is 0.656. The molecule has 3 N–H and O–H groups in total. The minimum absolute atomic E-state index is 0.0567. The molecule has 0 aliphatic carbocycles. The van der Waals surface area contributed by atoms with Gasteiger partial charge in [0.15, 0.2) is 0 Å². The Morgan fingerprint density at radius 3 is 2.38 bits per heavy atom. The summed E-state index contributed by atoms with van der Waals surface area (Å²) < 4.78 is 0. The molecule has 96 valence electrons. The van der Waals surface area contributed by atoms with Crippen molar-refractivity contribution in [3.63, 3.8) is 0 Å². The number of aliphatic hydroxyl groups excluding tert-OH is 3. The first kappa shape index (κ1) is 13.9. The van der Waals surface area contributed by atoms with Gasteiger partial charge in [-0.15, -0.1) is 0 Å². The molecule has 0 amide bonds. The third kappa shape index (κ3) is 2.56. The van der Waals surface area contributed by atoms with Gasteiger partial charge in [0.05, 0.1) is 18.8 Å². The molecular weight excluding hydrogens is 206 g/mol. The highest BCUT2D eigenvalue weighted by Gasteiger charge is 2.46. The van der Waals surface area contributed by atoms with Gasteiger partial charge >= 0.3 is 0 Å². The van der Waals surface area contributed by atoms with E-state index in [9.17, 15) is 10.2 Å². The van der Waals surface area contributed by atoms with Gasteiger partial charge < -0.3 is 15.3 Å². The maximum Gasteiger partial charge on any atom is 0.0897 e. The zero-order valence-corrected chi connectivity index (χ0v) is 10.8. The fourth-order valence-electron chi connectivity index (χ4n) is 2.69. The molecule has 1 heterocycles. The fourth-order valence-corrected chi connectivity index (χ4v) is 2.69. The molecule has 4 nitrogen and oxygen atoms in total. The molecule has 0 spiro atoms. The number of aliphatic hydroxyl groups is 3. The Bertz CT molecular complexity index is 240. The Morgan fingerprint density at radius 2 is 1.88 bits per heavy atom. The number of nitrogens with zero attached hydrogens (tertiary/aromatic N) is 1. The van der Waals surface area contributed by atoms with Crippen molar-refractivity contribution < 1.29 is 15.3 Å². The van der Waals surface area contributed by atoms with E-state index < -0.39 is 6.10 Å². The van der Waals surface area contributed by atoms with Crippen molar-refractivity contribution >= 4 is 0 Å². The molecule has 2 atom stereocenters. The van der Waals surface area contributed by atoms with Crippen LogP contribution in [0.15, 0.2) is 0 Å². The molecule has 4 heteroatoms. The standard InChI is InChI=1S/C12H25NO3/c1-11(2)6-5-10(16)12(3,4)13(11)7-9(15)8-14/h9-10,14-16H,5-8H2,1-4H3. The predicted molar refractivity (Wildman–Crippen MR) is 63.2 cm³/mol. The number of piperidine rings is 1. The topological polar surface area (TPSA) is 63.9 Å². The van der Waals surface area contributed by atoms with E-state index in [2.05, 4.69) is 18.7 Å². The monoisotopic (exact) mass is 231 g/mol. The van der Waals surface area contributed by atoms with Crippen LogP contribution in [0.3, 0.4) is 0 Å². The van der Waals surface area contributed by atoms with Crippen molar-refractivity contribution in [1.29, 1.82) is 0 Å². The lowest BCUT2D eigenvalue weighted by atomic mass is 9.77. The molecule has 2 unspecified atom stereocenters. The van der Waals surface area contributed by atoms with Crippen LogP contribution in [0.5, 0.6) is 0 Å². The van der Waals surface area contributed by atoms with Crippen LogP contribution in [-0.4, -0.2) is 56.7 Å². The van der Waals surface area contributed by atoms with Crippen molar-refractivity contribution in [3.05, 3.63) is 0 Å². The lowest BCUT2D eigenvalue weighted by Crippen LogP contribution is -2.66. The summed E-state index contributed by atoms with van der Waals surface area (Å²) in [7, 11) is 0. The molecule has 0 saturated carbocycles. The molecule has 1 saturated heterocycles. The molecule has 0 aromatic rings. The molecule has 0 radical (unpaired) electrons. The number of hydrogen-bond donors (Lipinski definition) is 3. The van der Waals surface area contributed by atoms with Crippen LogP contribution in [0.25, 0.3) is 0 Å². The second-order valence-electron chi connectivity index (χ2n) is 5.97. The highest BCUT2D eigenvalue weighted by Crippen LogP contribution is 2.38. The van der Waals surface area contributed by atoms with Crippen LogP contribution in [0.1, 0.15) is 40.5 Å². The first-order valence-electron chi connectivity index (χ1n) is 5.96. The third-order valence-corrected chi connectivity index (χ3v) is 3.88. The van der Waals surface area contributed by atoms with Crippen molar-refractivity contribution in [2.24, 2.45) is 0 Å². The summed E-state index contributed by atoms with van der Waals surface area (Å²) in [6.07, 6.45) is 0.553. The van der Waals surface area contributed by atoms with Crippen LogP contribution >= 0.6 is 0 Å². The zero-order chi connectivity index (χ0) is 12.6. The second kappa shape index (κ2) is 4.61. The predicted octanol–water partition coefficient (Wildman–Crippen LogP) is 0.353. The van der Waals surface area contributed by atoms with E-state index in [0.29, 0.717) is 6.54 Å². The van der Waals surface area contributed by atoms with Crippen molar-refractivity contribution in [3.8, 4) is 0 Å². The Kier molecular flexibility index (Phi) is 4.00. The second-order valence-corrected chi connectivity index (χ2v) is 5.97. The lowest BCUT2D eigenvalue weighted by Gasteiger charge is -2.55. The smallest absolute Gasteiger partial charge is 0.0897 e. The Hall–Kier alpha value is -0.160. The van der Waals surface area contributed by atoms with Gasteiger partial charge in [-0.25, -0.2) is 0 Å². The molecule has 1 aliphatic heterocycles. The largest absolute Gasteiger partial charge is 0.394 e. The molecule has 0 aromatic heterocycles. The van der Waals surface area contributed by atoms with E-state index in [1.54, 1.807) is 0 Å². The first-order valence-corrected chi connectivity index (χ1v) is 5.96. The van der Waals surface area contributed by atoms with Gasteiger partial charge in [-0.1, -0.05) is 0 Å². The van der Waals surface area contributed by atoms with Crippen molar-refractivity contribution in [1.82, 2.24) is 4.90 Å². The summed E-state index contributed by atoms with van der Waals surface area (Å²) in [5.41, 5.74) is -0.420. The normalized spacial score (nSPS) is 31.3. The number of hydrogen-bond acceptors (Lipinski definition) is 4. The van der Waals surface area contributed by atoms with E-state index in [1.165, 1.54) is 0 Å². The van der Waals surface area contributed by atoms with E-state index >= 15 is 0 Å². The maximum atomic E-state index is 10.0.